The number of fused-ring (bicyclic) bond motifs is 15. The summed E-state index contributed by atoms with van der Waals surface area (Å²) in [6.07, 6.45) is 0. The zero-order valence-corrected chi connectivity index (χ0v) is 28.7. The predicted octanol–water partition coefficient (Wildman–Crippen LogP) is 13.0. The molecule has 3 aliphatic carbocycles. The summed E-state index contributed by atoms with van der Waals surface area (Å²) in [7, 11) is 0. The molecule has 0 saturated heterocycles. The van der Waals surface area contributed by atoms with Crippen molar-refractivity contribution in [2.75, 3.05) is 4.90 Å². The van der Waals surface area contributed by atoms with Crippen LogP contribution in [0, 0.1) is 0 Å². The monoisotopic (exact) mass is 649 g/mol. The second-order valence-electron chi connectivity index (χ2n) is 14.8. The van der Waals surface area contributed by atoms with Gasteiger partial charge in [0.15, 0.2) is 0 Å². The SMILES string of the molecule is CC1(C)c2ccccc2-c2ccc3c(N(c4ccccc4)c4ccc5c(c4)C4(c6ccccc6-c6ccccc64)c4ccccc4-5)cccc3c21. The van der Waals surface area contributed by atoms with Gasteiger partial charge in [0.1, 0.15) is 0 Å². The van der Waals surface area contributed by atoms with Gasteiger partial charge in [-0.15, -0.1) is 0 Å². The Hall–Kier alpha value is -6.18. The van der Waals surface area contributed by atoms with Crippen molar-refractivity contribution in [3.8, 4) is 33.4 Å². The van der Waals surface area contributed by atoms with Gasteiger partial charge in [0, 0.05) is 22.2 Å². The molecule has 8 aromatic rings. The predicted molar refractivity (Wildman–Crippen MR) is 212 cm³/mol. The number of hydrogen-bond acceptors (Lipinski definition) is 1. The largest absolute Gasteiger partial charge is 0.310 e. The van der Waals surface area contributed by atoms with Crippen LogP contribution in [0.25, 0.3) is 44.2 Å². The second-order valence-corrected chi connectivity index (χ2v) is 14.8. The van der Waals surface area contributed by atoms with Crippen LogP contribution in [-0.4, -0.2) is 0 Å². The van der Waals surface area contributed by atoms with Crippen molar-refractivity contribution in [2.24, 2.45) is 0 Å². The molecule has 0 bridgehead atoms. The Kier molecular flexibility index (Phi) is 5.72. The molecule has 51 heavy (non-hydrogen) atoms. The Morgan fingerprint density at radius 1 is 0.353 bits per heavy atom. The van der Waals surface area contributed by atoms with Crippen LogP contribution in [0.15, 0.2) is 176 Å². The van der Waals surface area contributed by atoms with Crippen LogP contribution >= 0.6 is 0 Å². The number of hydrogen-bond donors (Lipinski definition) is 0. The topological polar surface area (TPSA) is 3.24 Å². The van der Waals surface area contributed by atoms with Crippen molar-refractivity contribution in [3.63, 3.8) is 0 Å². The molecule has 11 rings (SSSR count). The normalized spacial score (nSPS) is 14.8. The van der Waals surface area contributed by atoms with Gasteiger partial charge in [-0.1, -0.05) is 159 Å². The first-order valence-corrected chi connectivity index (χ1v) is 18.0. The second kappa shape index (κ2) is 10.2. The number of rotatable bonds is 3. The molecular formula is C50H35N. The molecule has 8 aromatic carbocycles. The average Bonchev–Trinajstić information content (AvgIpc) is 3.74. The Labute approximate surface area is 299 Å². The first kappa shape index (κ1) is 28.6. The van der Waals surface area contributed by atoms with Crippen molar-refractivity contribution >= 4 is 27.8 Å². The average molecular weight is 650 g/mol. The van der Waals surface area contributed by atoms with Crippen molar-refractivity contribution in [1.29, 1.82) is 0 Å². The minimum atomic E-state index is -0.396. The fourth-order valence-corrected chi connectivity index (χ4v) is 10.1. The maximum absolute atomic E-state index is 2.49. The van der Waals surface area contributed by atoms with E-state index in [0.29, 0.717) is 0 Å². The minimum absolute atomic E-state index is 0.101. The molecule has 3 aliphatic rings. The van der Waals surface area contributed by atoms with Gasteiger partial charge < -0.3 is 4.90 Å². The lowest BCUT2D eigenvalue weighted by atomic mass is 9.70. The number of anilines is 3. The molecule has 1 nitrogen and oxygen atoms in total. The molecule has 0 aromatic heterocycles. The van der Waals surface area contributed by atoms with E-state index in [0.717, 1.165) is 11.4 Å². The van der Waals surface area contributed by atoms with E-state index in [9.17, 15) is 0 Å². The molecule has 0 heterocycles. The molecule has 0 aliphatic heterocycles. The van der Waals surface area contributed by atoms with Gasteiger partial charge in [-0.25, -0.2) is 0 Å². The van der Waals surface area contributed by atoms with E-state index >= 15 is 0 Å². The molecule has 240 valence electrons. The third-order valence-corrected chi connectivity index (χ3v) is 12.0. The lowest BCUT2D eigenvalue weighted by Crippen LogP contribution is -2.26. The molecule has 0 amide bonds. The van der Waals surface area contributed by atoms with Gasteiger partial charge in [0.05, 0.1) is 11.1 Å². The van der Waals surface area contributed by atoms with E-state index in [2.05, 4.69) is 195 Å². The summed E-state index contributed by atoms with van der Waals surface area (Å²) in [5.74, 6) is 0. The van der Waals surface area contributed by atoms with E-state index in [1.807, 2.05) is 0 Å². The van der Waals surface area contributed by atoms with E-state index in [1.165, 1.54) is 83.2 Å². The van der Waals surface area contributed by atoms with Crippen LogP contribution in [0.4, 0.5) is 17.1 Å². The molecule has 0 N–H and O–H groups in total. The summed E-state index contributed by atoms with van der Waals surface area (Å²) >= 11 is 0. The van der Waals surface area contributed by atoms with E-state index in [4.69, 9.17) is 0 Å². The van der Waals surface area contributed by atoms with Crippen molar-refractivity contribution in [1.82, 2.24) is 0 Å². The summed E-state index contributed by atoms with van der Waals surface area (Å²) < 4.78 is 0. The molecule has 0 atom stereocenters. The first-order chi connectivity index (χ1) is 25.1. The fraction of sp³-hybridized carbons (Fsp3) is 0.0800. The molecule has 0 fully saturated rings. The minimum Gasteiger partial charge on any atom is -0.310 e. The summed E-state index contributed by atoms with van der Waals surface area (Å²) in [5.41, 5.74) is 19.2. The summed E-state index contributed by atoms with van der Waals surface area (Å²) in [6, 6.07) is 65.8. The van der Waals surface area contributed by atoms with Gasteiger partial charge in [0.2, 0.25) is 0 Å². The van der Waals surface area contributed by atoms with E-state index < -0.39 is 5.41 Å². The lowest BCUT2D eigenvalue weighted by molar-refractivity contribution is 0.666. The van der Waals surface area contributed by atoms with Crippen molar-refractivity contribution in [2.45, 2.75) is 24.7 Å². The lowest BCUT2D eigenvalue weighted by Gasteiger charge is -2.32. The quantitative estimate of drug-likeness (QED) is 0.184. The fourth-order valence-electron chi connectivity index (χ4n) is 10.1. The molecule has 0 radical (unpaired) electrons. The van der Waals surface area contributed by atoms with Crippen LogP contribution < -0.4 is 4.90 Å². The van der Waals surface area contributed by atoms with Crippen molar-refractivity contribution < 1.29 is 0 Å². The summed E-state index contributed by atoms with van der Waals surface area (Å²) in [4.78, 5) is 2.48. The molecular weight excluding hydrogens is 615 g/mol. The van der Waals surface area contributed by atoms with Crippen LogP contribution in [0.3, 0.4) is 0 Å². The molecule has 1 spiro atoms. The molecule has 1 heteroatoms. The Balaban J connectivity index is 1.19. The van der Waals surface area contributed by atoms with Crippen LogP contribution in [0.2, 0.25) is 0 Å². The van der Waals surface area contributed by atoms with Crippen LogP contribution in [0.5, 0.6) is 0 Å². The Morgan fingerprint density at radius 3 is 1.49 bits per heavy atom. The smallest absolute Gasteiger partial charge is 0.0726 e. The van der Waals surface area contributed by atoms with E-state index in [-0.39, 0.29) is 5.41 Å². The highest BCUT2D eigenvalue weighted by Gasteiger charge is 2.51. The maximum atomic E-state index is 2.49. The molecule has 0 saturated carbocycles. The van der Waals surface area contributed by atoms with Gasteiger partial charge in [-0.05, 0) is 102 Å². The van der Waals surface area contributed by atoms with Gasteiger partial charge >= 0.3 is 0 Å². The third-order valence-electron chi connectivity index (χ3n) is 12.0. The highest BCUT2D eigenvalue weighted by atomic mass is 15.1. The standard InChI is InChI=1S/C50H35N/c1-49(2)42-22-10-6-20-37(42)41-30-29-39-40(48(41)49)21-14-26-47(39)51(32-15-4-3-5-16-32)33-27-28-38-36-19-9-13-25-45(36)50(46(38)31-33)43-23-11-7-17-34(43)35-18-8-12-24-44(35)50/h3-31H,1-2H3. The van der Waals surface area contributed by atoms with Crippen LogP contribution in [-0.2, 0) is 10.8 Å². The van der Waals surface area contributed by atoms with E-state index in [1.54, 1.807) is 0 Å². The number of para-hydroxylation sites is 1. The number of benzene rings is 8. The van der Waals surface area contributed by atoms with Gasteiger partial charge in [-0.3, -0.25) is 0 Å². The summed E-state index contributed by atoms with van der Waals surface area (Å²) in [6.45, 7) is 4.77. The first-order valence-electron chi connectivity index (χ1n) is 18.0. The van der Waals surface area contributed by atoms with Crippen LogP contribution in [0.1, 0.15) is 47.2 Å². The maximum Gasteiger partial charge on any atom is 0.0726 e. The van der Waals surface area contributed by atoms with Gasteiger partial charge in [-0.2, -0.15) is 0 Å². The highest BCUT2D eigenvalue weighted by Crippen LogP contribution is 2.63. The van der Waals surface area contributed by atoms with Crippen molar-refractivity contribution in [3.05, 3.63) is 209 Å². The van der Waals surface area contributed by atoms with Gasteiger partial charge in [0.25, 0.3) is 0 Å². The third kappa shape index (κ3) is 3.60. The zero-order valence-electron chi connectivity index (χ0n) is 28.7. The Morgan fingerprint density at radius 2 is 0.863 bits per heavy atom. The highest BCUT2D eigenvalue weighted by molar-refractivity contribution is 6.06. The number of nitrogens with zero attached hydrogens (tertiary/aromatic N) is 1. The molecule has 0 unspecified atom stereocenters. The summed E-state index contributed by atoms with van der Waals surface area (Å²) in [5, 5.41) is 2.58. The Bertz CT molecular complexity index is 2670. The zero-order chi connectivity index (χ0) is 33.9.